The standard InChI is InChI=1S/C13H24O2/c1-5-6-7-8-9-13(11(2)3)10-15-12(4)14/h9,11H,5-8,10H2,1-4H3. The molecule has 0 fully saturated rings. The average Bonchev–Trinajstić information content (AvgIpc) is 2.15. The van der Waals surface area contributed by atoms with Gasteiger partial charge in [0.1, 0.15) is 6.61 Å². The SMILES string of the molecule is CCCCCC=C(COC(C)=O)C(C)C. The molecule has 0 radical (unpaired) electrons. The third kappa shape index (κ3) is 8.22. The van der Waals surface area contributed by atoms with Gasteiger partial charge in [-0.05, 0) is 24.3 Å². The first-order valence-corrected chi connectivity index (χ1v) is 5.90. The zero-order chi connectivity index (χ0) is 11.7. The van der Waals surface area contributed by atoms with Gasteiger partial charge in [-0.25, -0.2) is 0 Å². The van der Waals surface area contributed by atoms with Gasteiger partial charge in [-0.15, -0.1) is 0 Å². The molecule has 0 bridgehead atoms. The number of unbranched alkanes of at least 4 members (excludes halogenated alkanes) is 3. The Morgan fingerprint density at radius 1 is 1.33 bits per heavy atom. The van der Waals surface area contributed by atoms with Crippen molar-refractivity contribution in [2.75, 3.05) is 6.61 Å². The molecule has 0 amide bonds. The molecule has 0 aliphatic heterocycles. The van der Waals surface area contributed by atoms with Crippen LogP contribution in [0.5, 0.6) is 0 Å². The maximum absolute atomic E-state index is 10.7. The van der Waals surface area contributed by atoms with E-state index in [4.69, 9.17) is 4.74 Å². The number of ether oxygens (including phenoxy) is 1. The maximum Gasteiger partial charge on any atom is 0.302 e. The average molecular weight is 212 g/mol. The fourth-order valence-electron chi connectivity index (χ4n) is 1.33. The van der Waals surface area contributed by atoms with Gasteiger partial charge in [0.2, 0.25) is 0 Å². The van der Waals surface area contributed by atoms with Crippen LogP contribution >= 0.6 is 0 Å². The minimum Gasteiger partial charge on any atom is -0.461 e. The van der Waals surface area contributed by atoms with Gasteiger partial charge in [0.15, 0.2) is 0 Å². The Labute approximate surface area is 93.7 Å². The number of carbonyl (C=O) groups is 1. The third-order valence-corrected chi connectivity index (χ3v) is 2.40. The van der Waals surface area contributed by atoms with E-state index in [1.165, 1.54) is 31.8 Å². The fraction of sp³-hybridized carbons (Fsp3) is 0.769. The zero-order valence-corrected chi connectivity index (χ0v) is 10.5. The second kappa shape index (κ2) is 8.51. The molecule has 0 saturated carbocycles. The second-order valence-corrected chi connectivity index (χ2v) is 4.21. The van der Waals surface area contributed by atoms with E-state index in [1.807, 2.05) is 0 Å². The van der Waals surface area contributed by atoms with Crippen LogP contribution in [0.1, 0.15) is 53.4 Å². The van der Waals surface area contributed by atoms with Gasteiger partial charge in [-0.2, -0.15) is 0 Å². The van der Waals surface area contributed by atoms with Crippen LogP contribution in [0.15, 0.2) is 11.6 Å². The third-order valence-electron chi connectivity index (χ3n) is 2.40. The minimum atomic E-state index is -0.199. The van der Waals surface area contributed by atoms with Gasteiger partial charge in [0.05, 0.1) is 0 Å². The molecular weight excluding hydrogens is 188 g/mol. The Hall–Kier alpha value is -0.790. The summed E-state index contributed by atoms with van der Waals surface area (Å²) < 4.78 is 5.02. The lowest BCUT2D eigenvalue weighted by Crippen LogP contribution is -2.07. The van der Waals surface area contributed by atoms with E-state index in [0.29, 0.717) is 12.5 Å². The summed E-state index contributed by atoms with van der Waals surface area (Å²) in [5.41, 5.74) is 1.24. The van der Waals surface area contributed by atoms with Crippen LogP contribution in [0.25, 0.3) is 0 Å². The molecule has 0 aromatic heterocycles. The van der Waals surface area contributed by atoms with E-state index >= 15 is 0 Å². The lowest BCUT2D eigenvalue weighted by atomic mass is 10.0. The van der Waals surface area contributed by atoms with Gasteiger partial charge in [-0.1, -0.05) is 39.7 Å². The molecule has 2 nitrogen and oxygen atoms in total. The normalized spacial score (nSPS) is 11.9. The Kier molecular flexibility index (Phi) is 8.06. The molecule has 0 unspecified atom stereocenters. The van der Waals surface area contributed by atoms with Crippen LogP contribution in [0.2, 0.25) is 0 Å². The quantitative estimate of drug-likeness (QED) is 0.365. The predicted octanol–water partition coefficient (Wildman–Crippen LogP) is 3.71. The molecule has 0 heterocycles. The van der Waals surface area contributed by atoms with Crippen molar-refractivity contribution in [2.24, 2.45) is 5.92 Å². The molecule has 0 N–H and O–H groups in total. The van der Waals surface area contributed by atoms with Gasteiger partial charge >= 0.3 is 5.97 Å². The van der Waals surface area contributed by atoms with E-state index in [0.717, 1.165) is 6.42 Å². The number of esters is 1. The van der Waals surface area contributed by atoms with Crippen molar-refractivity contribution in [3.05, 3.63) is 11.6 Å². The van der Waals surface area contributed by atoms with Crippen LogP contribution in [0.3, 0.4) is 0 Å². The van der Waals surface area contributed by atoms with Crippen LogP contribution in [-0.4, -0.2) is 12.6 Å². The molecule has 0 aliphatic carbocycles. The molecule has 0 spiro atoms. The molecule has 0 aliphatic rings. The van der Waals surface area contributed by atoms with Gasteiger partial charge in [-0.3, -0.25) is 4.79 Å². The molecule has 15 heavy (non-hydrogen) atoms. The summed E-state index contributed by atoms with van der Waals surface area (Å²) in [6, 6.07) is 0. The van der Waals surface area contributed by atoms with E-state index in [1.54, 1.807) is 0 Å². The van der Waals surface area contributed by atoms with Crippen molar-refractivity contribution in [3.8, 4) is 0 Å². The zero-order valence-electron chi connectivity index (χ0n) is 10.5. The molecule has 2 heteroatoms. The molecule has 0 aromatic rings. The number of carbonyl (C=O) groups excluding carboxylic acids is 1. The van der Waals surface area contributed by atoms with Crippen molar-refractivity contribution >= 4 is 5.97 Å². The van der Waals surface area contributed by atoms with Crippen LogP contribution in [-0.2, 0) is 9.53 Å². The summed E-state index contributed by atoms with van der Waals surface area (Å²) in [5, 5.41) is 0. The molecular formula is C13H24O2. The highest BCUT2D eigenvalue weighted by molar-refractivity contribution is 5.66. The number of allylic oxidation sites excluding steroid dienone is 1. The second-order valence-electron chi connectivity index (χ2n) is 4.21. The van der Waals surface area contributed by atoms with Crippen molar-refractivity contribution in [1.29, 1.82) is 0 Å². The summed E-state index contributed by atoms with van der Waals surface area (Å²) in [4.78, 5) is 10.7. The van der Waals surface area contributed by atoms with Crippen LogP contribution in [0, 0.1) is 5.92 Å². The molecule has 0 atom stereocenters. The fourth-order valence-corrected chi connectivity index (χ4v) is 1.33. The van der Waals surface area contributed by atoms with E-state index in [9.17, 15) is 4.79 Å². The molecule has 0 aromatic carbocycles. The van der Waals surface area contributed by atoms with Crippen LogP contribution < -0.4 is 0 Å². The Bertz CT molecular complexity index is 205. The van der Waals surface area contributed by atoms with Crippen molar-refractivity contribution in [2.45, 2.75) is 53.4 Å². The van der Waals surface area contributed by atoms with Crippen molar-refractivity contribution in [3.63, 3.8) is 0 Å². The Morgan fingerprint density at radius 2 is 2.00 bits per heavy atom. The Balaban J connectivity index is 3.96. The van der Waals surface area contributed by atoms with Gasteiger partial charge in [0.25, 0.3) is 0 Å². The summed E-state index contributed by atoms with van der Waals surface area (Å²) in [7, 11) is 0. The monoisotopic (exact) mass is 212 g/mol. The largest absolute Gasteiger partial charge is 0.461 e. The van der Waals surface area contributed by atoms with Crippen LogP contribution in [0.4, 0.5) is 0 Å². The number of hydrogen-bond donors (Lipinski definition) is 0. The number of hydrogen-bond acceptors (Lipinski definition) is 2. The highest BCUT2D eigenvalue weighted by Gasteiger charge is 2.04. The number of rotatable bonds is 7. The van der Waals surface area contributed by atoms with E-state index in [2.05, 4.69) is 26.8 Å². The first-order valence-electron chi connectivity index (χ1n) is 5.90. The van der Waals surface area contributed by atoms with Crippen molar-refractivity contribution < 1.29 is 9.53 Å². The summed E-state index contributed by atoms with van der Waals surface area (Å²) in [6.45, 7) is 8.38. The summed E-state index contributed by atoms with van der Waals surface area (Å²) in [5.74, 6) is 0.265. The van der Waals surface area contributed by atoms with Crippen molar-refractivity contribution in [1.82, 2.24) is 0 Å². The minimum absolute atomic E-state index is 0.199. The predicted molar refractivity (Wildman–Crippen MR) is 63.7 cm³/mol. The highest BCUT2D eigenvalue weighted by atomic mass is 16.5. The first kappa shape index (κ1) is 14.2. The van der Waals surface area contributed by atoms with E-state index < -0.39 is 0 Å². The topological polar surface area (TPSA) is 26.3 Å². The molecule has 0 rings (SSSR count). The van der Waals surface area contributed by atoms with Gasteiger partial charge < -0.3 is 4.74 Å². The van der Waals surface area contributed by atoms with E-state index in [-0.39, 0.29) is 5.97 Å². The Morgan fingerprint density at radius 3 is 2.47 bits per heavy atom. The van der Waals surface area contributed by atoms with Gasteiger partial charge in [0, 0.05) is 6.92 Å². The molecule has 88 valence electrons. The smallest absolute Gasteiger partial charge is 0.302 e. The summed E-state index contributed by atoms with van der Waals surface area (Å²) >= 11 is 0. The lowest BCUT2D eigenvalue weighted by molar-refractivity contribution is -0.140. The first-order chi connectivity index (χ1) is 7.07. The lowest BCUT2D eigenvalue weighted by Gasteiger charge is -2.11. The maximum atomic E-state index is 10.7. The highest BCUT2D eigenvalue weighted by Crippen LogP contribution is 2.12. The summed E-state index contributed by atoms with van der Waals surface area (Å²) in [6.07, 6.45) is 7.07. The molecule has 0 saturated heterocycles.